The number of carbonyl (C=O) groups excluding carboxylic acids is 1. The third-order valence-corrected chi connectivity index (χ3v) is 6.81. The molecule has 0 radical (unpaired) electrons. The molecule has 1 fully saturated rings. The van der Waals surface area contributed by atoms with E-state index >= 15 is 0 Å². The number of nitrogens with zero attached hydrogens (tertiary/aromatic N) is 1. The van der Waals surface area contributed by atoms with Crippen molar-refractivity contribution in [1.29, 1.82) is 0 Å². The van der Waals surface area contributed by atoms with Crippen LogP contribution in [0, 0.1) is 13.8 Å². The summed E-state index contributed by atoms with van der Waals surface area (Å²) in [5.41, 5.74) is 5.18. The SMILES string of the molecule is Cc1ccc([C@@H](CC(=O)N2CC[NH+](Cc3ccccc3)CC2)c2ccccc2)c(O)c1C. The van der Waals surface area contributed by atoms with Crippen LogP contribution in [0.2, 0.25) is 0 Å². The van der Waals surface area contributed by atoms with Gasteiger partial charge in [0.25, 0.3) is 0 Å². The molecule has 1 atom stereocenters. The molecule has 0 bridgehead atoms. The molecule has 4 nitrogen and oxygen atoms in total. The van der Waals surface area contributed by atoms with Gasteiger partial charge in [0.1, 0.15) is 12.3 Å². The zero-order valence-corrected chi connectivity index (χ0v) is 19.1. The molecular formula is C28H33N2O2+. The van der Waals surface area contributed by atoms with Crippen molar-refractivity contribution in [3.63, 3.8) is 0 Å². The fraction of sp³-hybridized carbons (Fsp3) is 0.321. The van der Waals surface area contributed by atoms with Crippen LogP contribution in [0.15, 0.2) is 72.8 Å². The lowest BCUT2D eigenvalue weighted by Crippen LogP contribution is -3.13. The standard InChI is InChI=1S/C28H32N2O2/c1-21-13-14-25(28(32)22(21)2)26(24-11-7-4-8-12-24)19-27(31)30-17-15-29(16-18-30)20-23-9-5-3-6-10-23/h3-14,26,32H,15-20H2,1-2H3/p+1/t26-/m0/s1. The molecule has 1 amide bonds. The minimum absolute atomic E-state index is 0.155. The van der Waals surface area contributed by atoms with Gasteiger partial charge in [0.05, 0.1) is 26.2 Å². The van der Waals surface area contributed by atoms with Crippen LogP contribution in [0.5, 0.6) is 5.75 Å². The van der Waals surface area contributed by atoms with Crippen molar-refractivity contribution in [2.75, 3.05) is 26.2 Å². The molecule has 0 saturated carbocycles. The van der Waals surface area contributed by atoms with Crippen molar-refractivity contribution in [3.05, 3.63) is 101 Å². The summed E-state index contributed by atoms with van der Waals surface area (Å²) >= 11 is 0. The van der Waals surface area contributed by atoms with Crippen molar-refractivity contribution in [2.24, 2.45) is 0 Å². The molecule has 0 unspecified atom stereocenters. The van der Waals surface area contributed by atoms with E-state index < -0.39 is 0 Å². The van der Waals surface area contributed by atoms with Gasteiger partial charge in [-0.25, -0.2) is 0 Å². The van der Waals surface area contributed by atoms with E-state index in [2.05, 4.69) is 36.4 Å². The molecular weight excluding hydrogens is 396 g/mol. The van der Waals surface area contributed by atoms with Crippen LogP contribution in [-0.2, 0) is 11.3 Å². The summed E-state index contributed by atoms with van der Waals surface area (Å²) in [6.07, 6.45) is 0.369. The molecule has 32 heavy (non-hydrogen) atoms. The molecule has 4 rings (SSSR count). The molecule has 1 aliphatic rings. The molecule has 0 aliphatic carbocycles. The lowest BCUT2D eigenvalue weighted by atomic mass is 9.85. The second kappa shape index (κ2) is 10.0. The second-order valence-corrected chi connectivity index (χ2v) is 8.91. The summed E-state index contributed by atoms with van der Waals surface area (Å²) in [5.74, 6) is 0.316. The zero-order chi connectivity index (χ0) is 22.5. The minimum atomic E-state index is -0.155. The third kappa shape index (κ3) is 5.03. The van der Waals surface area contributed by atoms with Gasteiger partial charge >= 0.3 is 0 Å². The molecule has 1 saturated heterocycles. The first-order chi connectivity index (χ1) is 15.5. The van der Waals surface area contributed by atoms with E-state index in [1.807, 2.05) is 55.1 Å². The van der Waals surface area contributed by atoms with Crippen LogP contribution < -0.4 is 4.90 Å². The maximum atomic E-state index is 13.3. The fourth-order valence-electron chi connectivity index (χ4n) is 4.63. The summed E-state index contributed by atoms with van der Waals surface area (Å²) in [7, 11) is 0. The monoisotopic (exact) mass is 429 g/mol. The van der Waals surface area contributed by atoms with Crippen molar-refractivity contribution >= 4 is 5.91 Å². The van der Waals surface area contributed by atoms with Gasteiger partial charge < -0.3 is 14.9 Å². The molecule has 1 aliphatic heterocycles. The van der Waals surface area contributed by atoms with Crippen molar-refractivity contribution < 1.29 is 14.8 Å². The number of amides is 1. The average Bonchev–Trinajstić information content (AvgIpc) is 2.83. The van der Waals surface area contributed by atoms with Gasteiger partial charge in [0.2, 0.25) is 5.91 Å². The topological polar surface area (TPSA) is 45.0 Å². The Morgan fingerprint density at radius 2 is 1.56 bits per heavy atom. The first-order valence-corrected chi connectivity index (χ1v) is 11.5. The van der Waals surface area contributed by atoms with Gasteiger partial charge in [-0.3, -0.25) is 4.79 Å². The highest BCUT2D eigenvalue weighted by Crippen LogP contribution is 2.37. The van der Waals surface area contributed by atoms with Crippen molar-refractivity contribution in [2.45, 2.75) is 32.7 Å². The van der Waals surface area contributed by atoms with E-state index in [1.54, 1.807) is 0 Å². The predicted molar refractivity (Wildman–Crippen MR) is 128 cm³/mol. The number of carbonyl (C=O) groups is 1. The largest absolute Gasteiger partial charge is 0.507 e. The first-order valence-electron chi connectivity index (χ1n) is 11.5. The Kier molecular flexibility index (Phi) is 6.91. The summed E-state index contributed by atoms with van der Waals surface area (Å²) in [4.78, 5) is 16.8. The van der Waals surface area contributed by atoms with Gasteiger partial charge in [0.15, 0.2) is 0 Å². The Balaban J connectivity index is 1.46. The van der Waals surface area contributed by atoms with Gasteiger partial charge in [0, 0.05) is 23.5 Å². The Hall–Kier alpha value is -3.11. The van der Waals surface area contributed by atoms with Crippen molar-refractivity contribution in [3.8, 4) is 5.75 Å². The first kappa shape index (κ1) is 22.1. The summed E-state index contributed by atoms with van der Waals surface area (Å²) in [6.45, 7) is 8.43. The second-order valence-electron chi connectivity index (χ2n) is 8.91. The van der Waals surface area contributed by atoms with Gasteiger partial charge in [-0.2, -0.15) is 0 Å². The smallest absolute Gasteiger partial charge is 0.223 e. The number of piperazine rings is 1. The number of phenols is 1. The number of rotatable bonds is 6. The van der Waals surface area contributed by atoms with Gasteiger partial charge in [-0.05, 0) is 30.5 Å². The molecule has 4 heteroatoms. The minimum Gasteiger partial charge on any atom is -0.507 e. The van der Waals surface area contributed by atoms with Crippen LogP contribution in [-0.4, -0.2) is 42.1 Å². The lowest BCUT2D eigenvalue weighted by molar-refractivity contribution is -0.917. The van der Waals surface area contributed by atoms with E-state index in [9.17, 15) is 9.90 Å². The highest BCUT2D eigenvalue weighted by atomic mass is 16.3. The fourth-order valence-corrected chi connectivity index (χ4v) is 4.63. The highest BCUT2D eigenvalue weighted by Gasteiger charge is 2.28. The number of hydrogen-bond acceptors (Lipinski definition) is 2. The number of nitrogens with one attached hydrogen (secondary N) is 1. The maximum Gasteiger partial charge on any atom is 0.223 e. The Morgan fingerprint density at radius 3 is 2.22 bits per heavy atom. The molecule has 1 heterocycles. The third-order valence-electron chi connectivity index (χ3n) is 6.81. The van der Waals surface area contributed by atoms with Crippen molar-refractivity contribution in [1.82, 2.24) is 4.90 Å². The van der Waals surface area contributed by atoms with Crippen LogP contribution in [0.3, 0.4) is 0 Å². The molecule has 2 N–H and O–H groups in total. The molecule has 3 aromatic carbocycles. The summed E-state index contributed by atoms with van der Waals surface area (Å²) in [6, 6.07) is 24.7. The summed E-state index contributed by atoms with van der Waals surface area (Å²) in [5, 5.41) is 10.9. The highest BCUT2D eigenvalue weighted by molar-refractivity contribution is 5.78. The maximum absolute atomic E-state index is 13.3. The van der Waals surface area contributed by atoms with Gasteiger partial charge in [-0.15, -0.1) is 0 Å². The number of phenolic OH excluding ortho intramolecular Hbond substituents is 1. The van der Waals surface area contributed by atoms with E-state index in [-0.39, 0.29) is 11.8 Å². The number of aryl methyl sites for hydroxylation is 1. The molecule has 0 spiro atoms. The Bertz CT molecular complexity index is 1040. The van der Waals surface area contributed by atoms with Crippen LogP contribution in [0.25, 0.3) is 0 Å². The Morgan fingerprint density at radius 1 is 0.938 bits per heavy atom. The van der Waals surface area contributed by atoms with Crippen LogP contribution in [0.4, 0.5) is 0 Å². The zero-order valence-electron chi connectivity index (χ0n) is 19.1. The van der Waals surface area contributed by atoms with Crippen LogP contribution in [0.1, 0.15) is 40.2 Å². The normalized spacial score (nSPS) is 15.5. The van der Waals surface area contributed by atoms with E-state index in [1.165, 1.54) is 10.5 Å². The molecule has 166 valence electrons. The Labute approximate surface area is 191 Å². The van der Waals surface area contributed by atoms with Crippen LogP contribution >= 0.6 is 0 Å². The quantitative estimate of drug-likeness (QED) is 0.630. The summed E-state index contributed by atoms with van der Waals surface area (Å²) < 4.78 is 0. The predicted octanol–water partition coefficient (Wildman–Crippen LogP) is 3.46. The number of aromatic hydroxyl groups is 1. The number of hydrogen-bond donors (Lipinski definition) is 2. The molecule has 0 aromatic heterocycles. The van der Waals surface area contributed by atoms with E-state index in [0.717, 1.165) is 55.0 Å². The number of benzene rings is 3. The number of quaternary nitrogens is 1. The van der Waals surface area contributed by atoms with E-state index in [4.69, 9.17) is 0 Å². The van der Waals surface area contributed by atoms with Gasteiger partial charge in [-0.1, -0.05) is 72.8 Å². The molecule has 3 aromatic rings. The average molecular weight is 430 g/mol. The van der Waals surface area contributed by atoms with E-state index in [0.29, 0.717) is 12.2 Å². The lowest BCUT2D eigenvalue weighted by Gasteiger charge is -2.33.